The van der Waals surface area contributed by atoms with Gasteiger partial charge in [0.2, 0.25) is 5.82 Å². The fourth-order valence-corrected chi connectivity index (χ4v) is 4.15. The van der Waals surface area contributed by atoms with Gasteiger partial charge >= 0.3 is 0 Å². The molecule has 2 fully saturated rings. The summed E-state index contributed by atoms with van der Waals surface area (Å²) in [4.78, 5) is 33.4. The predicted octanol–water partition coefficient (Wildman–Crippen LogP) is 2.96. The van der Waals surface area contributed by atoms with Gasteiger partial charge in [-0.05, 0) is 51.1 Å². The third kappa shape index (κ3) is 7.67. The van der Waals surface area contributed by atoms with E-state index >= 15 is 0 Å². The molecule has 2 amide bonds. The number of halogens is 2. The van der Waals surface area contributed by atoms with Crippen LogP contribution in [0.15, 0.2) is 36.5 Å². The number of aromatic nitrogens is 1. The number of nitrogens with zero attached hydrogens (tertiary/aromatic N) is 3. The Bertz CT molecular complexity index is 1070. The van der Waals surface area contributed by atoms with E-state index in [1.807, 2.05) is 14.0 Å². The summed E-state index contributed by atoms with van der Waals surface area (Å²) in [7, 11) is 4.99. The lowest BCUT2D eigenvalue weighted by atomic mass is 10.1. The quantitative estimate of drug-likeness (QED) is 0.626. The van der Waals surface area contributed by atoms with Crippen molar-refractivity contribution >= 4 is 17.5 Å². The van der Waals surface area contributed by atoms with Gasteiger partial charge in [-0.2, -0.15) is 4.39 Å². The highest BCUT2D eigenvalue weighted by Crippen LogP contribution is 2.21. The number of hydrogen-bond donors (Lipinski definition) is 1. The van der Waals surface area contributed by atoms with E-state index in [-0.39, 0.29) is 29.7 Å². The molecule has 4 rings (SSSR count). The van der Waals surface area contributed by atoms with Gasteiger partial charge in [0.05, 0.1) is 25.9 Å². The molecule has 11 heteroatoms. The number of rotatable bonds is 6. The summed E-state index contributed by atoms with van der Waals surface area (Å²) in [5.74, 6) is -2.21. The number of pyridine rings is 1. The van der Waals surface area contributed by atoms with Gasteiger partial charge in [0.15, 0.2) is 11.6 Å². The van der Waals surface area contributed by atoms with Crippen LogP contribution in [0, 0.1) is 11.6 Å². The first kappa shape index (κ1) is 28.4. The molecule has 1 aromatic carbocycles. The number of piperazine rings is 1. The van der Waals surface area contributed by atoms with Crippen LogP contribution in [-0.2, 0) is 14.3 Å². The Balaban J connectivity index is 0.000000319. The minimum absolute atomic E-state index is 0.0694. The van der Waals surface area contributed by atoms with Crippen molar-refractivity contribution in [2.75, 3.05) is 52.8 Å². The zero-order valence-corrected chi connectivity index (χ0v) is 21.6. The second-order valence-electron chi connectivity index (χ2n) is 9.03. The molecule has 37 heavy (non-hydrogen) atoms. The number of methoxy groups -OCH3 is 2. The molecule has 0 radical (unpaired) electrons. The van der Waals surface area contributed by atoms with Crippen molar-refractivity contribution in [2.24, 2.45) is 0 Å². The predicted molar refractivity (Wildman–Crippen MR) is 134 cm³/mol. The van der Waals surface area contributed by atoms with Crippen LogP contribution in [-0.4, -0.2) is 92.4 Å². The summed E-state index contributed by atoms with van der Waals surface area (Å²) in [6.07, 6.45) is 2.81. The molecule has 0 spiro atoms. The number of benzene rings is 1. The van der Waals surface area contributed by atoms with Crippen molar-refractivity contribution in [3.63, 3.8) is 0 Å². The SMILES string of the molecule is COCC1CN(C(=O)c2cc(NC(=O)C3CCC(C)O3)ccn2)CCN1C.COc1cccc(F)c1F. The molecule has 2 aliphatic heterocycles. The number of ether oxygens (including phenoxy) is 3. The van der Waals surface area contributed by atoms with E-state index < -0.39 is 17.7 Å². The van der Waals surface area contributed by atoms with Crippen LogP contribution in [0.4, 0.5) is 14.5 Å². The average Bonchev–Trinajstić information content (AvgIpc) is 3.34. The molecular formula is C26H34F2N4O5. The first-order valence-corrected chi connectivity index (χ1v) is 12.1. The Kier molecular flexibility index (Phi) is 10.3. The Morgan fingerprint density at radius 2 is 1.97 bits per heavy atom. The maximum Gasteiger partial charge on any atom is 0.272 e. The van der Waals surface area contributed by atoms with Crippen molar-refractivity contribution in [2.45, 2.75) is 38.0 Å². The molecule has 0 aliphatic carbocycles. The highest BCUT2D eigenvalue weighted by atomic mass is 19.2. The molecule has 2 aromatic rings. The van der Waals surface area contributed by atoms with Crippen LogP contribution < -0.4 is 10.1 Å². The molecule has 9 nitrogen and oxygen atoms in total. The van der Waals surface area contributed by atoms with Crippen molar-refractivity contribution in [1.29, 1.82) is 0 Å². The number of amides is 2. The van der Waals surface area contributed by atoms with E-state index in [1.54, 1.807) is 30.3 Å². The van der Waals surface area contributed by atoms with E-state index in [2.05, 4.69) is 19.9 Å². The van der Waals surface area contributed by atoms with Crippen molar-refractivity contribution in [3.8, 4) is 5.75 Å². The van der Waals surface area contributed by atoms with Crippen LogP contribution >= 0.6 is 0 Å². The zero-order chi connectivity index (χ0) is 26.9. The zero-order valence-electron chi connectivity index (χ0n) is 21.6. The van der Waals surface area contributed by atoms with Gasteiger partial charge in [-0.15, -0.1) is 0 Å². The molecule has 1 aromatic heterocycles. The van der Waals surface area contributed by atoms with Crippen molar-refractivity contribution < 1.29 is 32.6 Å². The smallest absolute Gasteiger partial charge is 0.272 e. The summed E-state index contributed by atoms with van der Waals surface area (Å²) >= 11 is 0. The maximum atomic E-state index is 12.9. The van der Waals surface area contributed by atoms with E-state index in [1.165, 1.54) is 19.2 Å². The third-order valence-corrected chi connectivity index (χ3v) is 6.33. The molecule has 3 heterocycles. The molecule has 3 unspecified atom stereocenters. The average molecular weight is 521 g/mol. The second-order valence-corrected chi connectivity index (χ2v) is 9.03. The highest BCUT2D eigenvalue weighted by Gasteiger charge is 2.30. The maximum absolute atomic E-state index is 12.9. The van der Waals surface area contributed by atoms with Crippen molar-refractivity contribution in [1.82, 2.24) is 14.8 Å². The standard InChI is InChI=1S/C19H28N4O4.C7H6F2O/c1-13-4-5-17(27-13)18(24)21-14-6-7-20-16(10-14)19(25)23-9-8-22(2)15(11-23)12-26-3;1-10-6-4-2-3-5(8)7(6)9/h6-7,10,13,15,17H,4-5,8-9,11-12H2,1-3H3,(H,20,21,24);2-4H,1H3. The Labute approximate surface area is 215 Å². The van der Waals surface area contributed by atoms with Crippen LogP contribution in [0.25, 0.3) is 0 Å². The third-order valence-electron chi connectivity index (χ3n) is 6.33. The molecule has 1 N–H and O–H groups in total. The summed E-state index contributed by atoms with van der Waals surface area (Å²) in [5, 5.41) is 2.84. The Hall–Kier alpha value is -3.15. The lowest BCUT2D eigenvalue weighted by Gasteiger charge is -2.39. The fourth-order valence-electron chi connectivity index (χ4n) is 4.15. The molecule has 0 bridgehead atoms. The van der Waals surface area contributed by atoms with E-state index in [0.717, 1.165) is 19.0 Å². The molecular weight excluding hydrogens is 486 g/mol. The summed E-state index contributed by atoms with van der Waals surface area (Å²) in [5.41, 5.74) is 0.887. The second kappa shape index (κ2) is 13.4. The van der Waals surface area contributed by atoms with Crippen molar-refractivity contribution in [3.05, 3.63) is 53.9 Å². The topological polar surface area (TPSA) is 93.2 Å². The van der Waals surface area contributed by atoms with Gasteiger partial charge in [-0.25, -0.2) is 4.39 Å². The summed E-state index contributed by atoms with van der Waals surface area (Å²) in [6, 6.07) is 7.26. The first-order valence-electron chi connectivity index (χ1n) is 12.1. The molecule has 2 aliphatic rings. The molecule has 0 saturated carbocycles. The first-order chi connectivity index (χ1) is 17.7. The number of carbonyl (C=O) groups excluding carboxylic acids is 2. The van der Waals surface area contributed by atoms with Gasteiger partial charge in [0.25, 0.3) is 11.8 Å². The molecule has 202 valence electrons. The highest BCUT2D eigenvalue weighted by molar-refractivity contribution is 5.97. The van der Waals surface area contributed by atoms with Gasteiger partial charge in [-0.1, -0.05) is 6.07 Å². The van der Waals surface area contributed by atoms with Crippen LogP contribution in [0.2, 0.25) is 0 Å². The minimum atomic E-state index is -0.940. The number of nitrogens with one attached hydrogen (secondary N) is 1. The minimum Gasteiger partial charge on any atom is -0.494 e. The Morgan fingerprint density at radius 3 is 2.62 bits per heavy atom. The largest absolute Gasteiger partial charge is 0.494 e. The Morgan fingerprint density at radius 1 is 1.19 bits per heavy atom. The van der Waals surface area contributed by atoms with E-state index in [0.29, 0.717) is 37.5 Å². The molecule has 2 saturated heterocycles. The lowest BCUT2D eigenvalue weighted by Crippen LogP contribution is -2.54. The van der Waals surface area contributed by atoms with Gasteiger partial charge in [0.1, 0.15) is 11.8 Å². The number of likely N-dealkylation sites (N-methyl/N-ethyl adjacent to an activating group) is 1. The monoisotopic (exact) mass is 520 g/mol. The van der Waals surface area contributed by atoms with Crippen LogP contribution in [0.5, 0.6) is 5.75 Å². The summed E-state index contributed by atoms with van der Waals surface area (Å²) in [6.45, 7) is 4.55. The van der Waals surface area contributed by atoms with Gasteiger partial charge < -0.3 is 24.4 Å². The van der Waals surface area contributed by atoms with Gasteiger partial charge in [0, 0.05) is 38.6 Å². The number of hydrogen-bond acceptors (Lipinski definition) is 7. The number of anilines is 1. The molecule has 3 atom stereocenters. The lowest BCUT2D eigenvalue weighted by molar-refractivity contribution is -0.126. The summed E-state index contributed by atoms with van der Waals surface area (Å²) < 4.78 is 40.2. The van der Waals surface area contributed by atoms with Crippen LogP contribution in [0.3, 0.4) is 0 Å². The fraction of sp³-hybridized carbons (Fsp3) is 0.500. The van der Waals surface area contributed by atoms with Crippen LogP contribution in [0.1, 0.15) is 30.3 Å². The van der Waals surface area contributed by atoms with E-state index in [4.69, 9.17) is 9.47 Å². The number of carbonyl (C=O) groups is 2. The van der Waals surface area contributed by atoms with Gasteiger partial charge in [-0.3, -0.25) is 19.5 Å². The van der Waals surface area contributed by atoms with E-state index in [9.17, 15) is 18.4 Å². The normalized spacial score (nSPS) is 21.7.